The van der Waals surface area contributed by atoms with Gasteiger partial charge in [0.05, 0.1) is 11.1 Å². The van der Waals surface area contributed by atoms with Crippen LogP contribution >= 0.6 is 0 Å². The minimum atomic E-state index is -0.356. The van der Waals surface area contributed by atoms with Crippen molar-refractivity contribution in [2.24, 2.45) is 17.8 Å². The van der Waals surface area contributed by atoms with Crippen LogP contribution in [0.2, 0.25) is 0 Å². The molecule has 3 saturated carbocycles. The van der Waals surface area contributed by atoms with E-state index in [0.717, 1.165) is 68.8 Å². The number of hydrogen-bond acceptors (Lipinski definition) is 4. The standard InChI is InChI=1S/C39H50N2O4/c1-23-12-6-4-5-7-19-28(23)29-22-31-33-32(24(2)20-30-34(33)35(29)38(44)40(3)36(30)42)39(45)41(37(31)43)27-17-9-8-13-25(16-11-18-27)21-26-14-10-15-26/h20,22-23,25-28H,4-19,21H2,1-3H3. The molecule has 0 bridgehead atoms. The van der Waals surface area contributed by atoms with Crippen LogP contribution in [0.5, 0.6) is 0 Å². The Kier molecular flexibility index (Phi) is 8.37. The van der Waals surface area contributed by atoms with Crippen LogP contribution in [-0.4, -0.2) is 46.5 Å². The van der Waals surface area contributed by atoms with Crippen molar-refractivity contribution in [3.63, 3.8) is 0 Å². The Hall–Kier alpha value is -3.02. The third-order valence-corrected chi connectivity index (χ3v) is 12.4. The van der Waals surface area contributed by atoms with E-state index in [2.05, 4.69) is 6.92 Å². The number of aryl methyl sites for hydroxylation is 1. The molecule has 0 N–H and O–H groups in total. The smallest absolute Gasteiger partial charge is 0.261 e. The normalized spacial score (nSPS) is 28.3. The predicted molar refractivity (Wildman–Crippen MR) is 177 cm³/mol. The summed E-state index contributed by atoms with van der Waals surface area (Å²) < 4.78 is 0. The Morgan fingerprint density at radius 1 is 0.622 bits per heavy atom. The predicted octanol–water partition coefficient (Wildman–Crippen LogP) is 8.96. The first-order valence-corrected chi connectivity index (χ1v) is 18.1. The lowest BCUT2D eigenvalue weighted by atomic mass is 9.73. The fraction of sp³-hybridized carbons (Fsp3) is 0.641. The molecule has 6 nitrogen and oxygen atoms in total. The van der Waals surface area contributed by atoms with E-state index in [9.17, 15) is 19.2 Å². The molecular weight excluding hydrogens is 560 g/mol. The van der Waals surface area contributed by atoms with Crippen LogP contribution in [0.4, 0.5) is 0 Å². The molecular formula is C39H50N2O4. The van der Waals surface area contributed by atoms with E-state index in [4.69, 9.17) is 0 Å². The minimum absolute atomic E-state index is 0.125. The van der Waals surface area contributed by atoms with Gasteiger partial charge in [0.15, 0.2) is 0 Å². The number of carbonyl (C=O) groups is 4. The van der Waals surface area contributed by atoms with Crippen molar-refractivity contribution in [2.45, 2.75) is 135 Å². The fourth-order valence-electron chi connectivity index (χ4n) is 9.61. The van der Waals surface area contributed by atoms with E-state index >= 15 is 0 Å². The van der Waals surface area contributed by atoms with Gasteiger partial charge in [0, 0.05) is 35.0 Å². The summed E-state index contributed by atoms with van der Waals surface area (Å²) in [4.78, 5) is 59.5. The van der Waals surface area contributed by atoms with Gasteiger partial charge in [0.1, 0.15) is 0 Å². The quantitative estimate of drug-likeness (QED) is 0.324. The Labute approximate surface area is 268 Å². The number of imide groups is 2. The van der Waals surface area contributed by atoms with Crippen LogP contribution in [0, 0.1) is 24.7 Å². The lowest BCUT2D eigenvalue weighted by Gasteiger charge is -2.38. The molecule has 2 heterocycles. The Balaban J connectivity index is 1.32. The lowest BCUT2D eigenvalue weighted by molar-refractivity contribution is 0.0514. The zero-order chi connectivity index (χ0) is 31.4. The Morgan fingerprint density at radius 2 is 1.20 bits per heavy atom. The largest absolute Gasteiger partial charge is 0.277 e. The van der Waals surface area contributed by atoms with Crippen molar-refractivity contribution in [3.05, 3.63) is 45.5 Å². The van der Waals surface area contributed by atoms with Crippen LogP contribution in [0.1, 0.15) is 175 Å². The van der Waals surface area contributed by atoms with Gasteiger partial charge in [-0.2, -0.15) is 0 Å². The van der Waals surface area contributed by atoms with Crippen LogP contribution in [0.15, 0.2) is 12.1 Å². The van der Waals surface area contributed by atoms with Crippen molar-refractivity contribution >= 4 is 34.4 Å². The SMILES string of the molecule is Cc1cc2c3c(c(C4CCCCCCC4C)cc4c3c1C(=O)N(C1CCCCC(CC3CCC3)CCC1)C4=O)C(=O)N(C)C2=O. The summed E-state index contributed by atoms with van der Waals surface area (Å²) in [5.41, 5.74) is 3.62. The first-order chi connectivity index (χ1) is 21.8. The average Bonchev–Trinajstić information content (AvgIpc) is 3.10. The van der Waals surface area contributed by atoms with Gasteiger partial charge in [-0.15, -0.1) is 0 Å². The van der Waals surface area contributed by atoms with E-state index in [1.165, 1.54) is 62.7 Å². The third-order valence-electron chi connectivity index (χ3n) is 12.4. The van der Waals surface area contributed by atoms with Gasteiger partial charge in [0.25, 0.3) is 23.6 Å². The van der Waals surface area contributed by atoms with Crippen LogP contribution in [0.3, 0.4) is 0 Å². The summed E-state index contributed by atoms with van der Waals surface area (Å²) in [6.45, 7) is 4.15. The van der Waals surface area contributed by atoms with Crippen LogP contribution in [0.25, 0.3) is 10.8 Å². The Morgan fingerprint density at radius 3 is 1.93 bits per heavy atom. The van der Waals surface area contributed by atoms with E-state index < -0.39 is 0 Å². The zero-order valence-corrected chi connectivity index (χ0v) is 27.6. The van der Waals surface area contributed by atoms with Crippen molar-refractivity contribution in [1.29, 1.82) is 0 Å². The molecule has 4 atom stereocenters. The van der Waals surface area contributed by atoms with Gasteiger partial charge in [-0.1, -0.05) is 90.4 Å². The first kappa shape index (κ1) is 30.6. The summed E-state index contributed by atoms with van der Waals surface area (Å²) in [7, 11) is 1.56. The molecule has 3 aliphatic carbocycles. The molecule has 0 saturated heterocycles. The molecule has 5 aliphatic rings. The number of hydrogen-bond donors (Lipinski definition) is 0. The molecule has 4 unspecified atom stereocenters. The average molecular weight is 611 g/mol. The van der Waals surface area contributed by atoms with Gasteiger partial charge < -0.3 is 0 Å². The molecule has 0 aromatic heterocycles. The highest BCUT2D eigenvalue weighted by Crippen LogP contribution is 2.47. The van der Waals surface area contributed by atoms with Gasteiger partial charge in [-0.25, -0.2) is 0 Å². The van der Waals surface area contributed by atoms with Gasteiger partial charge >= 0.3 is 0 Å². The van der Waals surface area contributed by atoms with Gasteiger partial charge in [0.2, 0.25) is 0 Å². The minimum Gasteiger partial charge on any atom is -0.277 e. The second-order valence-electron chi connectivity index (χ2n) is 15.2. The van der Waals surface area contributed by atoms with Crippen LogP contribution in [-0.2, 0) is 0 Å². The van der Waals surface area contributed by atoms with E-state index in [1.54, 1.807) is 11.9 Å². The Bertz CT molecular complexity index is 1550. The maximum absolute atomic E-state index is 14.7. The molecule has 3 fully saturated rings. The highest BCUT2D eigenvalue weighted by atomic mass is 16.2. The summed E-state index contributed by atoms with van der Waals surface area (Å²) >= 11 is 0. The van der Waals surface area contributed by atoms with Gasteiger partial charge in [-0.3, -0.25) is 29.0 Å². The molecule has 2 aromatic rings. The van der Waals surface area contributed by atoms with Crippen molar-refractivity contribution < 1.29 is 19.2 Å². The number of nitrogens with zero attached hydrogens (tertiary/aromatic N) is 2. The molecule has 240 valence electrons. The number of benzene rings is 2. The number of carbonyl (C=O) groups excluding carboxylic acids is 4. The maximum Gasteiger partial charge on any atom is 0.261 e. The molecule has 2 aromatic carbocycles. The van der Waals surface area contributed by atoms with Gasteiger partial charge in [-0.05, 0) is 79.5 Å². The van der Waals surface area contributed by atoms with E-state index in [-0.39, 0.29) is 35.6 Å². The van der Waals surface area contributed by atoms with Crippen molar-refractivity contribution in [3.8, 4) is 0 Å². The maximum atomic E-state index is 14.7. The van der Waals surface area contributed by atoms with E-state index in [0.29, 0.717) is 44.5 Å². The second-order valence-corrected chi connectivity index (χ2v) is 15.2. The lowest BCUT2D eigenvalue weighted by Crippen LogP contribution is -2.48. The molecule has 7 rings (SSSR count). The summed E-state index contributed by atoms with van der Waals surface area (Å²) in [6.07, 6.45) is 19.6. The molecule has 0 spiro atoms. The zero-order valence-electron chi connectivity index (χ0n) is 27.6. The summed E-state index contributed by atoms with van der Waals surface area (Å²) in [5.74, 6) is 1.01. The second kappa shape index (κ2) is 12.3. The molecule has 0 radical (unpaired) electrons. The topological polar surface area (TPSA) is 74.8 Å². The number of rotatable bonds is 4. The third kappa shape index (κ3) is 5.24. The van der Waals surface area contributed by atoms with Crippen molar-refractivity contribution in [1.82, 2.24) is 9.80 Å². The highest BCUT2D eigenvalue weighted by Gasteiger charge is 2.44. The van der Waals surface area contributed by atoms with Crippen LogP contribution < -0.4 is 0 Å². The fourth-order valence-corrected chi connectivity index (χ4v) is 9.61. The monoisotopic (exact) mass is 610 g/mol. The molecule has 45 heavy (non-hydrogen) atoms. The molecule has 4 amide bonds. The molecule has 6 heteroatoms. The van der Waals surface area contributed by atoms with E-state index in [1.807, 2.05) is 19.1 Å². The van der Waals surface area contributed by atoms with Crippen molar-refractivity contribution in [2.75, 3.05) is 7.05 Å². The molecule has 2 aliphatic heterocycles. The number of amides is 4. The first-order valence-electron chi connectivity index (χ1n) is 18.1. The summed E-state index contributed by atoms with van der Waals surface area (Å²) in [6, 6.07) is 3.67. The highest BCUT2D eigenvalue weighted by molar-refractivity contribution is 6.34. The summed E-state index contributed by atoms with van der Waals surface area (Å²) in [5, 5.41) is 1.08.